The summed E-state index contributed by atoms with van der Waals surface area (Å²) in [4.78, 5) is 25.1. The lowest BCUT2D eigenvalue weighted by molar-refractivity contribution is -0.141. The summed E-state index contributed by atoms with van der Waals surface area (Å²) in [5, 5.41) is 14.3. The number of benzene rings is 1. The summed E-state index contributed by atoms with van der Waals surface area (Å²) in [6.45, 7) is 5.29. The molecule has 116 valence electrons. The highest BCUT2D eigenvalue weighted by molar-refractivity contribution is 5.92. The van der Waals surface area contributed by atoms with Gasteiger partial charge in [0.25, 0.3) is 0 Å². The number of nitrogens with zero attached hydrogens (tertiary/aromatic N) is 1. The van der Waals surface area contributed by atoms with Crippen molar-refractivity contribution in [1.29, 1.82) is 0 Å². The maximum absolute atomic E-state index is 11.9. The number of rotatable bonds is 4. The van der Waals surface area contributed by atoms with Gasteiger partial charge in [-0.25, -0.2) is 9.59 Å². The van der Waals surface area contributed by atoms with Crippen LogP contribution < -0.4 is 15.5 Å². The third-order valence-corrected chi connectivity index (χ3v) is 3.03. The molecule has 3 N–H and O–H groups in total. The largest absolute Gasteiger partial charge is 0.480 e. The Hall–Kier alpha value is -2.24. The lowest BCUT2D eigenvalue weighted by Gasteiger charge is -2.27. The van der Waals surface area contributed by atoms with E-state index in [1.54, 1.807) is 32.9 Å². The third-order valence-electron chi connectivity index (χ3n) is 3.03. The number of hydrogen-bond donors (Lipinski definition) is 3. The van der Waals surface area contributed by atoms with Gasteiger partial charge in [0.15, 0.2) is 0 Å². The molecular weight excluding hydrogens is 270 g/mol. The average molecular weight is 293 g/mol. The molecule has 21 heavy (non-hydrogen) atoms. The first-order valence-electron chi connectivity index (χ1n) is 6.69. The molecule has 0 saturated heterocycles. The summed E-state index contributed by atoms with van der Waals surface area (Å²) in [5.41, 5.74) is 1.05. The van der Waals surface area contributed by atoms with Gasteiger partial charge in [0.2, 0.25) is 0 Å². The molecule has 0 aliphatic rings. The summed E-state index contributed by atoms with van der Waals surface area (Å²) < 4.78 is 0. The summed E-state index contributed by atoms with van der Waals surface area (Å²) >= 11 is 0. The Bertz CT molecular complexity index is 504. The van der Waals surface area contributed by atoms with E-state index >= 15 is 0 Å². The molecular formula is C15H23N3O3. The number of anilines is 2. The van der Waals surface area contributed by atoms with Gasteiger partial charge in [0.05, 0.1) is 0 Å². The zero-order valence-corrected chi connectivity index (χ0v) is 13.1. The second kappa shape index (κ2) is 6.47. The minimum absolute atomic E-state index is 0.532. The SMILES string of the molecule is CN(C)c1ccc(NC(=O)NC(C(=O)O)C(C)(C)C)cc1. The van der Waals surface area contributed by atoms with Crippen LogP contribution in [0.2, 0.25) is 0 Å². The van der Waals surface area contributed by atoms with E-state index in [4.69, 9.17) is 0 Å². The van der Waals surface area contributed by atoms with Gasteiger partial charge in [0, 0.05) is 25.5 Å². The minimum Gasteiger partial charge on any atom is -0.480 e. The Morgan fingerprint density at radius 3 is 2.05 bits per heavy atom. The molecule has 1 unspecified atom stereocenters. The maximum Gasteiger partial charge on any atom is 0.326 e. The molecule has 1 aromatic rings. The van der Waals surface area contributed by atoms with E-state index in [0.717, 1.165) is 5.69 Å². The van der Waals surface area contributed by atoms with Crippen LogP contribution in [0, 0.1) is 5.41 Å². The predicted molar refractivity (Wildman–Crippen MR) is 83.8 cm³/mol. The van der Waals surface area contributed by atoms with Crippen LogP contribution in [-0.2, 0) is 4.79 Å². The monoisotopic (exact) mass is 293 g/mol. The maximum atomic E-state index is 11.9. The van der Waals surface area contributed by atoms with Crippen molar-refractivity contribution in [2.45, 2.75) is 26.8 Å². The van der Waals surface area contributed by atoms with Gasteiger partial charge >= 0.3 is 12.0 Å². The van der Waals surface area contributed by atoms with Crippen LogP contribution in [0.1, 0.15) is 20.8 Å². The summed E-state index contributed by atoms with van der Waals surface area (Å²) in [7, 11) is 3.85. The quantitative estimate of drug-likeness (QED) is 0.796. The van der Waals surface area contributed by atoms with Crippen molar-refractivity contribution in [3.63, 3.8) is 0 Å². The molecule has 0 saturated carbocycles. The van der Waals surface area contributed by atoms with Crippen LogP contribution in [0.4, 0.5) is 16.2 Å². The Balaban J connectivity index is 2.70. The van der Waals surface area contributed by atoms with Crippen molar-refractivity contribution >= 4 is 23.4 Å². The minimum atomic E-state index is -1.05. The van der Waals surface area contributed by atoms with Crippen molar-refractivity contribution in [3.05, 3.63) is 24.3 Å². The Labute approximate surface area is 125 Å². The van der Waals surface area contributed by atoms with Crippen LogP contribution in [-0.4, -0.2) is 37.2 Å². The summed E-state index contributed by atoms with van der Waals surface area (Å²) in [6.07, 6.45) is 0. The molecule has 0 radical (unpaired) electrons. The van der Waals surface area contributed by atoms with E-state index in [1.807, 2.05) is 31.1 Å². The number of carboxylic acid groups (broad SMARTS) is 1. The number of urea groups is 1. The predicted octanol–water partition coefficient (Wildman–Crippen LogP) is 2.37. The van der Waals surface area contributed by atoms with Gasteiger partial charge in [-0.1, -0.05) is 20.8 Å². The number of nitrogens with one attached hydrogen (secondary N) is 2. The first kappa shape index (κ1) is 16.8. The van der Waals surface area contributed by atoms with Gasteiger partial charge in [-0.05, 0) is 29.7 Å². The van der Waals surface area contributed by atoms with E-state index in [-0.39, 0.29) is 0 Å². The molecule has 0 bridgehead atoms. The van der Waals surface area contributed by atoms with E-state index in [1.165, 1.54) is 0 Å². The van der Waals surface area contributed by atoms with Crippen molar-refractivity contribution in [1.82, 2.24) is 5.32 Å². The molecule has 1 atom stereocenters. The van der Waals surface area contributed by atoms with Gasteiger partial charge < -0.3 is 20.6 Å². The van der Waals surface area contributed by atoms with Crippen LogP contribution >= 0.6 is 0 Å². The topological polar surface area (TPSA) is 81.7 Å². The highest BCUT2D eigenvalue weighted by Gasteiger charge is 2.32. The Morgan fingerprint density at radius 1 is 1.14 bits per heavy atom. The van der Waals surface area contributed by atoms with Gasteiger partial charge in [-0.2, -0.15) is 0 Å². The van der Waals surface area contributed by atoms with Crippen molar-refractivity contribution in [2.24, 2.45) is 5.41 Å². The Kier molecular flexibility index (Phi) is 5.18. The molecule has 0 fully saturated rings. The van der Waals surface area contributed by atoms with Gasteiger partial charge in [0.1, 0.15) is 6.04 Å². The molecule has 0 aliphatic carbocycles. The van der Waals surface area contributed by atoms with Crippen LogP contribution in [0.5, 0.6) is 0 Å². The average Bonchev–Trinajstić information content (AvgIpc) is 2.35. The fraction of sp³-hybridized carbons (Fsp3) is 0.467. The molecule has 0 aromatic heterocycles. The van der Waals surface area contributed by atoms with Crippen LogP contribution in [0.25, 0.3) is 0 Å². The standard InChI is InChI=1S/C15H23N3O3/c1-15(2,3)12(13(19)20)17-14(21)16-10-6-8-11(9-7-10)18(4)5/h6-9,12H,1-5H3,(H,19,20)(H2,16,17,21). The normalized spacial score (nSPS) is 12.4. The second-order valence-corrected chi connectivity index (χ2v) is 6.18. The highest BCUT2D eigenvalue weighted by atomic mass is 16.4. The van der Waals surface area contributed by atoms with E-state index < -0.39 is 23.5 Å². The number of hydrogen-bond acceptors (Lipinski definition) is 3. The van der Waals surface area contributed by atoms with Gasteiger partial charge in [-0.3, -0.25) is 0 Å². The molecule has 0 heterocycles. The lowest BCUT2D eigenvalue weighted by Crippen LogP contribution is -2.50. The van der Waals surface area contributed by atoms with Crippen molar-refractivity contribution in [3.8, 4) is 0 Å². The van der Waals surface area contributed by atoms with E-state index in [9.17, 15) is 14.7 Å². The molecule has 0 spiro atoms. The Morgan fingerprint density at radius 2 is 1.67 bits per heavy atom. The first-order chi connectivity index (χ1) is 9.61. The van der Waals surface area contributed by atoms with E-state index in [0.29, 0.717) is 5.69 Å². The lowest BCUT2D eigenvalue weighted by atomic mass is 9.87. The highest BCUT2D eigenvalue weighted by Crippen LogP contribution is 2.20. The molecule has 6 nitrogen and oxygen atoms in total. The fourth-order valence-electron chi connectivity index (χ4n) is 1.79. The van der Waals surface area contributed by atoms with Crippen LogP contribution in [0.3, 0.4) is 0 Å². The van der Waals surface area contributed by atoms with Crippen molar-refractivity contribution < 1.29 is 14.7 Å². The van der Waals surface area contributed by atoms with Crippen LogP contribution in [0.15, 0.2) is 24.3 Å². The van der Waals surface area contributed by atoms with Gasteiger partial charge in [-0.15, -0.1) is 0 Å². The smallest absolute Gasteiger partial charge is 0.326 e. The molecule has 2 amide bonds. The number of aliphatic carboxylic acids is 1. The number of carbonyl (C=O) groups is 2. The molecule has 1 rings (SSSR count). The number of carboxylic acids is 1. The fourth-order valence-corrected chi connectivity index (χ4v) is 1.79. The zero-order valence-electron chi connectivity index (χ0n) is 13.1. The molecule has 0 aliphatic heterocycles. The number of carbonyl (C=O) groups excluding carboxylic acids is 1. The molecule has 1 aromatic carbocycles. The summed E-state index contributed by atoms with van der Waals surface area (Å²) in [6, 6.07) is 5.78. The first-order valence-corrected chi connectivity index (χ1v) is 6.69. The van der Waals surface area contributed by atoms with Crippen molar-refractivity contribution in [2.75, 3.05) is 24.3 Å². The van der Waals surface area contributed by atoms with E-state index in [2.05, 4.69) is 10.6 Å². The zero-order chi connectivity index (χ0) is 16.2. The number of amides is 2. The summed E-state index contributed by atoms with van der Waals surface area (Å²) in [5.74, 6) is -1.05. The third kappa shape index (κ3) is 4.98. The second-order valence-electron chi connectivity index (χ2n) is 6.18. The molecule has 6 heteroatoms.